The van der Waals surface area contributed by atoms with Gasteiger partial charge in [-0.1, -0.05) is 24.3 Å². The molecule has 3 amide bonds. The van der Waals surface area contributed by atoms with Crippen molar-refractivity contribution < 1.29 is 23.2 Å². The first-order chi connectivity index (χ1) is 13.2. The Morgan fingerprint density at radius 1 is 0.893 bits per heavy atom. The molecule has 2 aromatic rings. The Morgan fingerprint density at radius 3 is 2.11 bits per heavy atom. The summed E-state index contributed by atoms with van der Waals surface area (Å²) in [4.78, 5) is 35.9. The minimum atomic E-state index is -1.08. The number of carbonyl (C=O) groups is 3. The van der Waals surface area contributed by atoms with Crippen LogP contribution in [0.3, 0.4) is 0 Å². The van der Waals surface area contributed by atoms with Crippen LogP contribution < -0.4 is 16.4 Å². The molecule has 0 aromatic heterocycles. The van der Waals surface area contributed by atoms with Crippen molar-refractivity contribution in [2.24, 2.45) is 5.73 Å². The molecule has 2 rings (SSSR count). The molecule has 2 atom stereocenters. The van der Waals surface area contributed by atoms with E-state index in [-0.39, 0.29) is 12.8 Å². The molecule has 0 aliphatic carbocycles. The molecule has 0 saturated carbocycles. The second kappa shape index (κ2) is 9.59. The van der Waals surface area contributed by atoms with Crippen LogP contribution in [0.1, 0.15) is 18.1 Å². The van der Waals surface area contributed by atoms with Gasteiger partial charge in [0.1, 0.15) is 23.7 Å². The highest BCUT2D eigenvalue weighted by molar-refractivity contribution is 5.91. The summed E-state index contributed by atoms with van der Waals surface area (Å²) in [6.45, 7) is 1.25. The van der Waals surface area contributed by atoms with Crippen LogP contribution in [0.2, 0.25) is 0 Å². The van der Waals surface area contributed by atoms with Crippen LogP contribution in [0.5, 0.6) is 0 Å². The number of nitrogens with two attached hydrogens (primary N) is 1. The van der Waals surface area contributed by atoms with E-state index >= 15 is 0 Å². The fourth-order valence-corrected chi connectivity index (χ4v) is 2.71. The van der Waals surface area contributed by atoms with Crippen LogP contribution in [-0.2, 0) is 27.2 Å². The summed E-state index contributed by atoms with van der Waals surface area (Å²) in [5.74, 6) is -2.75. The van der Waals surface area contributed by atoms with E-state index in [9.17, 15) is 23.2 Å². The number of primary amides is 1. The number of nitrogens with one attached hydrogen (secondary N) is 2. The summed E-state index contributed by atoms with van der Waals surface area (Å²) >= 11 is 0. The first kappa shape index (κ1) is 21.0. The molecule has 0 radical (unpaired) electrons. The molecule has 28 heavy (non-hydrogen) atoms. The van der Waals surface area contributed by atoms with E-state index in [1.807, 2.05) is 0 Å². The van der Waals surface area contributed by atoms with E-state index in [4.69, 9.17) is 5.73 Å². The molecule has 8 heteroatoms. The lowest BCUT2D eigenvalue weighted by molar-refractivity contribution is -0.130. The van der Waals surface area contributed by atoms with Crippen molar-refractivity contribution in [2.75, 3.05) is 0 Å². The standard InChI is InChI=1S/C20H21F2N3O3/c1-12(26)24-18(10-13-5-7-15(21)8-6-13)20(28)25-17(19(23)27)11-14-3-2-4-16(22)9-14/h2-9,17-18H,10-11H2,1H3,(H2,23,27)(H,24,26)(H,25,28)/t17-,18+/m1/s1. The third-order valence-corrected chi connectivity index (χ3v) is 4.04. The fraction of sp³-hybridized carbons (Fsp3) is 0.250. The molecule has 0 aliphatic heterocycles. The first-order valence-electron chi connectivity index (χ1n) is 8.60. The van der Waals surface area contributed by atoms with Crippen LogP contribution in [0.25, 0.3) is 0 Å². The van der Waals surface area contributed by atoms with Gasteiger partial charge in [-0.2, -0.15) is 0 Å². The van der Waals surface area contributed by atoms with E-state index < -0.39 is 41.4 Å². The van der Waals surface area contributed by atoms with Crippen LogP contribution in [0.4, 0.5) is 8.78 Å². The van der Waals surface area contributed by atoms with Gasteiger partial charge in [0, 0.05) is 19.8 Å². The normalized spacial score (nSPS) is 12.7. The number of hydrogen-bond donors (Lipinski definition) is 3. The Bertz CT molecular complexity index is 856. The largest absolute Gasteiger partial charge is 0.368 e. The summed E-state index contributed by atoms with van der Waals surface area (Å²) in [6.07, 6.45) is 0.0965. The summed E-state index contributed by atoms with van der Waals surface area (Å²) in [6, 6.07) is 9.00. The zero-order valence-electron chi connectivity index (χ0n) is 15.2. The molecule has 0 saturated heterocycles. The molecule has 0 heterocycles. The van der Waals surface area contributed by atoms with Crippen molar-refractivity contribution in [3.63, 3.8) is 0 Å². The van der Waals surface area contributed by atoms with Crippen LogP contribution in [0.15, 0.2) is 48.5 Å². The molecule has 2 aromatic carbocycles. The van der Waals surface area contributed by atoms with Gasteiger partial charge in [0.2, 0.25) is 17.7 Å². The van der Waals surface area contributed by atoms with Gasteiger partial charge in [0.25, 0.3) is 0 Å². The molecule has 4 N–H and O–H groups in total. The second-order valence-corrected chi connectivity index (χ2v) is 6.38. The molecule has 0 spiro atoms. The average Bonchev–Trinajstić information content (AvgIpc) is 2.62. The van der Waals surface area contributed by atoms with Gasteiger partial charge in [0.05, 0.1) is 0 Å². The van der Waals surface area contributed by atoms with Gasteiger partial charge in [-0.05, 0) is 35.4 Å². The number of carbonyl (C=O) groups excluding carboxylic acids is 3. The summed E-state index contributed by atoms with van der Waals surface area (Å²) < 4.78 is 26.4. The molecular formula is C20H21F2N3O3. The highest BCUT2D eigenvalue weighted by atomic mass is 19.1. The lowest BCUT2D eigenvalue weighted by atomic mass is 10.0. The lowest BCUT2D eigenvalue weighted by Gasteiger charge is -2.22. The van der Waals surface area contributed by atoms with Crippen molar-refractivity contribution in [3.05, 3.63) is 71.3 Å². The number of benzene rings is 2. The monoisotopic (exact) mass is 389 g/mol. The minimum Gasteiger partial charge on any atom is -0.368 e. The minimum absolute atomic E-state index is 0.00216. The van der Waals surface area contributed by atoms with Crippen LogP contribution in [-0.4, -0.2) is 29.8 Å². The second-order valence-electron chi connectivity index (χ2n) is 6.38. The number of halogens is 2. The maximum atomic E-state index is 13.3. The Morgan fingerprint density at radius 2 is 1.54 bits per heavy atom. The number of amides is 3. The SMILES string of the molecule is CC(=O)N[C@@H](Cc1ccc(F)cc1)C(=O)N[C@H](Cc1cccc(F)c1)C(N)=O. The van der Waals surface area contributed by atoms with Crippen molar-refractivity contribution in [3.8, 4) is 0 Å². The van der Waals surface area contributed by atoms with E-state index in [1.54, 1.807) is 6.07 Å². The Labute approximate surface area is 161 Å². The van der Waals surface area contributed by atoms with Crippen molar-refractivity contribution >= 4 is 17.7 Å². The zero-order chi connectivity index (χ0) is 20.7. The highest BCUT2D eigenvalue weighted by Gasteiger charge is 2.25. The van der Waals surface area contributed by atoms with Gasteiger partial charge in [-0.25, -0.2) is 8.78 Å². The van der Waals surface area contributed by atoms with Gasteiger partial charge in [-0.15, -0.1) is 0 Å². The molecule has 0 bridgehead atoms. The van der Waals surface area contributed by atoms with Gasteiger partial charge < -0.3 is 16.4 Å². The van der Waals surface area contributed by atoms with Gasteiger partial charge in [-0.3, -0.25) is 14.4 Å². The number of hydrogen-bond acceptors (Lipinski definition) is 3. The Kier molecular flexibility index (Phi) is 7.20. The zero-order valence-corrected chi connectivity index (χ0v) is 15.2. The fourth-order valence-electron chi connectivity index (χ4n) is 2.71. The van der Waals surface area contributed by atoms with Crippen molar-refractivity contribution in [1.82, 2.24) is 10.6 Å². The predicted molar refractivity (Wildman–Crippen MR) is 98.9 cm³/mol. The van der Waals surface area contributed by atoms with Crippen LogP contribution >= 0.6 is 0 Å². The maximum absolute atomic E-state index is 13.3. The van der Waals surface area contributed by atoms with Gasteiger partial charge >= 0.3 is 0 Å². The Hall–Kier alpha value is -3.29. The van der Waals surface area contributed by atoms with E-state index in [2.05, 4.69) is 10.6 Å². The molecule has 0 aliphatic rings. The third kappa shape index (κ3) is 6.46. The van der Waals surface area contributed by atoms with E-state index in [0.717, 1.165) is 0 Å². The summed E-state index contributed by atoms with van der Waals surface area (Å²) in [5, 5.41) is 5.00. The van der Waals surface area contributed by atoms with E-state index in [1.165, 1.54) is 49.4 Å². The Balaban J connectivity index is 2.12. The van der Waals surface area contributed by atoms with Crippen LogP contribution in [0, 0.1) is 11.6 Å². The smallest absolute Gasteiger partial charge is 0.243 e. The van der Waals surface area contributed by atoms with E-state index in [0.29, 0.717) is 11.1 Å². The predicted octanol–water partition coefficient (Wildman–Crippen LogP) is 1.22. The lowest BCUT2D eigenvalue weighted by Crippen LogP contribution is -2.54. The quantitative estimate of drug-likeness (QED) is 0.633. The molecule has 0 fully saturated rings. The molecule has 6 nitrogen and oxygen atoms in total. The topological polar surface area (TPSA) is 101 Å². The molecular weight excluding hydrogens is 368 g/mol. The first-order valence-corrected chi connectivity index (χ1v) is 8.60. The van der Waals surface area contributed by atoms with Crippen molar-refractivity contribution in [1.29, 1.82) is 0 Å². The summed E-state index contributed by atoms with van der Waals surface area (Å²) in [5.41, 5.74) is 6.47. The molecule has 148 valence electrons. The molecule has 0 unspecified atom stereocenters. The van der Waals surface area contributed by atoms with Crippen molar-refractivity contribution in [2.45, 2.75) is 31.8 Å². The third-order valence-electron chi connectivity index (χ3n) is 4.04. The maximum Gasteiger partial charge on any atom is 0.243 e. The summed E-state index contributed by atoms with van der Waals surface area (Å²) in [7, 11) is 0. The average molecular weight is 389 g/mol. The highest BCUT2D eigenvalue weighted by Crippen LogP contribution is 2.09. The number of rotatable bonds is 8. The van der Waals surface area contributed by atoms with Gasteiger partial charge in [0.15, 0.2) is 0 Å².